The van der Waals surface area contributed by atoms with Crippen molar-refractivity contribution in [2.75, 3.05) is 0 Å². The summed E-state index contributed by atoms with van der Waals surface area (Å²) in [6, 6.07) is 0. The standard InChI is InChI=1S/C3H5O3.Bi.NO3/c1-2-3(4,5)6;;2-1(3)4/h2H2,1H3;;/q-3;+4;-1. The van der Waals surface area contributed by atoms with Gasteiger partial charge >= 0.3 is 67.9 Å². The molecule has 0 aliphatic carbocycles. The van der Waals surface area contributed by atoms with E-state index in [0.717, 1.165) is 0 Å². The predicted molar refractivity (Wildman–Crippen MR) is 30.1 cm³/mol. The summed E-state index contributed by atoms with van der Waals surface area (Å²) >= 11 is -3.96. The Hall–Kier alpha value is -0.0369. The first-order valence-corrected chi connectivity index (χ1v) is 8.63. The van der Waals surface area contributed by atoms with Crippen LogP contribution in [-0.4, -0.2) is 33.1 Å². The van der Waals surface area contributed by atoms with Gasteiger partial charge in [0.2, 0.25) is 0 Å². The molecule has 0 aromatic heterocycles. The summed E-state index contributed by atoms with van der Waals surface area (Å²) < 4.78 is 19.0. The van der Waals surface area contributed by atoms with Gasteiger partial charge in [-0.3, -0.25) is 0 Å². The van der Waals surface area contributed by atoms with Crippen LogP contribution >= 0.6 is 0 Å². The molecule has 0 atom stereocenters. The third-order valence-corrected chi connectivity index (χ3v) is 8.50. The van der Waals surface area contributed by atoms with Gasteiger partial charge < -0.3 is 0 Å². The molecule has 0 unspecified atom stereocenters. The van der Waals surface area contributed by atoms with Gasteiger partial charge in [-0.2, -0.15) is 0 Å². The van der Waals surface area contributed by atoms with Gasteiger partial charge in [0.25, 0.3) is 0 Å². The van der Waals surface area contributed by atoms with Crippen LogP contribution in [0.4, 0.5) is 0 Å². The molecule has 3 heterocycles. The van der Waals surface area contributed by atoms with Gasteiger partial charge in [0, 0.05) is 0 Å². The summed E-state index contributed by atoms with van der Waals surface area (Å²) in [6.45, 7) is 1.79. The summed E-state index contributed by atoms with van der Waals surface area (Å²) in [7, 11) is 0. The fraction of sp³-hybridized carbons (Fsp3) is 1.00. The Morgan fingerprint density at radius 2 is 2.18 bits per heavy atom. The normalized spacial score (nSPS) is 45.5. The van der Waals surface area contributed by atoms with Gasteiger partial charge in [0.1, 0.15) is 0 Å². The van der Waals surface area contributed by atoms with E-state index in [1.807, 2.05) is 0 Å². The van der Waals surface area contributed by atoms with E-state index in [1.165, 1.54) is 0 Å². The molecule has 3 aliphatic rings. The molecule has 8 heteroatoms. The SMILES string of the molecule is CCC12[O][Bi]([O][N+](=O)[O-])([O]1)[O]2. The zero-order chi connectivity index (χ0) is 8.11. The summed E-state index contributed by atoms with van der Waals surface area (Å²) in [5.41, 5.74) is 0. The summed E-state index contributed by atoms with van der Waals surface area (Å²) in [6.07, 6.45) is 0.522. The number of nitrogens with zero attached hydrogens (tertiary/aromatic N) is 1. The third kappa shape index (κ3) is 0.937. The van der Waals surface area contributed by atoms with E-state index in [4.69, 9.17) is 8.44 Å². The number of hydrogen-bond acceptors (Lipinski definition) is 6. The minimum atomic E-state index is -3.96. The first kappa shape index (κ1) is 7.60. The van der Waals surface area contributed by atoms with Crippen molar-refractivity contribution in [1.29, 1.82) is 0 Å². The molecular weight excluding hydrogens is 355 g/mol. The number of hydrogen-bond donors (Lipinski definition) is 0. The van der Waals surface area contributed by atoms with Crippen LogP contribution in [0.3, 0.4) is 0 Å². The summed E-state index contributed by atoms with van der Waals surface area (Å²) in [4.78, 5) is 9.82. The molecule has 3 fully saturated rings. The van der Waals surface area contributed by atoms with Crippen molar-refractivity contribution < 1.29 is 16.4 Å². The topological polar surface area (TPSA) is 80.1 Å². The molecule has 0 aromatic rings. The summed E-state index contributed by atoms with van der Waals surface area (Å²) in [5.74, 6) is -0.978. The summed E-state index contributed by atoms with van der Waals surface area (Å²) in [5, 5.41) is 8.89. The fourth-order valence-corrected chi connectivity index (χ4v) is 7.52. The second kappa shape index (κ2) is 2.01. The van der Waals surface area contributed by atoms with Crippen molar-refractivity contribution in [3.63, 3.8) is 0 Å². The molecule has 0 N–H and O–H groups in total. The van der Waals surface area contributed by atoms with E-state index < -0.39 is 33.1 Å². The van der Waals surface area contributed by atoms with Crippen LogP contribution in [0.15, 0.2) is 0 Å². The van der Waals surface area contributed by atoms with Crippen LogP contribution < -0.4 is 0 Å². The molecule has 3 rings (SSSR count). The Kier molecular flexibility index (Phi) is 1.39. The first-order valence-electron chi connectivity index (χ1n) is 2.95. The van der Waals surface area contributed by atoms with Crippen molar-refractivity contribution in [2.45, 2.75) is 19.3 Å². The molecule has 0 aromatic carbocycles. The van der Waals surface area contributed by atoms with Gasteiger partial charge in [0.15, 0.2) is 0 Å². The Labute approximate surface area is 68.2 Å². The van der Waals surface area contributed by atoms with Crippen molar-refractivity contribution in [1.82, 2.24) is 0 Å². The van der Waals surface area contributed by atoms with Crippen LogP contribution in [0.1, 0.15) is 13.3 Å². The second-order valence-electron chi connectivity index (χ2n) is 2.06. The quantitative estimate of drug-likeness (QED) is 0.393. The third-order valence-electron chi connectivity index (χ3n) is 1.35. The van der Waals surface area contributed by atoms with Gasteiger partial charge in [-0.05, 0) is 0 Å². The van der Waals surface area contributed by atoms with Crippen LogP contribution in [-0.2, 0) is 11.4 Å². The second-order valence-corrected chi connectivity index (χ2v) is 8.30. The molecule has 0 saturated carbocycles. The maximum atomic E-state index is 9.82. The fourth-order valence-electron chi connectivity index (χ4n) is 0.857. The van der Waals surface area contributed by atoms with E-state index in [-0.39, 0.29) is 0 Å². The Morgan fingerprint density at radius 1 is 1.64 bits per heavy atom. The van der Waals surface area contributed by atoms with E-state index >= 15 is 0 Å². The van der Waals surface area contributed by atoms with Crippen LogP contribution in [0.2, 0.25) is 0 Å². The van der Waals surface area contributed by atoms with Gasteiger partial charge in [-0.15, -0.1) is 0 Å². The monoisotopic (exact) mass is 360 g/mol. The van der Waals surface area contributed by atoms with Gasteiger partial charge in [-0.1, -0.05) is 0 Å². The van der Waals surface area contributed by atoms with Crippen molar-refractivity contribution >= 4 is 22.0 Å². The van der Waals surface area contributed by atoms with E-state index in [1.54, 1.807) is 6.92 Å². The van der Waals surface area contributed by atoms with Gasteiger partial charge in [-0.25, -0.2) is 0 Å². The number of rotatable bonds is 3. The zero-order valence-corrected chi connectivity index (χ0v) is 9.03. The molecule has 3 aliphatic heterocycles. The van der Waals surface area contributed by atoms with Crippen LogP contribution in [0.25, 0.3) is 0 Å². The van der Waals surface area contributed by atoms with E-state index in [0.29, 0.717) is 6.42 Å². The molecule has 2 bridgehead atoms. The zero-order valence-electron chi connectivity index (χ0n) is 5.55. The van der Waals surface area contributed by atoms with E-state index in [9.17, 15) is 10.1 Å². The molecule has 3 saturated heterocycles. The molecular formula is C3H5BiNO6. The first-order chi connectivity index (χ1) is 5.10. The van der Waals surface area contributed by atoms with Crippen molar-refractivity contribution in [3.05, 3.63) is 10.1 Å². The Balaban J connectivity index is 1.89. The van der Waals surface area contributed by atoms with Gasteiger partial charge in [0.05, 0.1) is 0 Å². The van der Waals surface area contributed by atoms with Crippen molar-refractivity contribution in [2.24, 2.45) is 0 Å². The van der Waals surface area contributed by atoms with E-state index in [2.05, 4.69) is 2.91 Å². The molecule has 63 valence electrons. The van der Waals surface area contributed by atoms with Crippen LogP contribution in [0, 0.1) is 10.1 Å². The van der Waals surface area contributed by atoms with Crippen LogP contribution in [0.5, 0.6) is 0 Å². The molecule has 0 amide bonds. The molecule has 0 spiro atoms. The molecule has 1 radical (unpaired) electrons. The maximum absolute atomic E-state index is 9.82. The average molecular weight is 360 g/mol. The Bertz CT molecular complexity index is 198. The molecule has 11 heavy (non-hydrogen) atoms. The van der Waals surface area contributed by atoms with Crippen molar-refractivity contribution in [3.8, 4) is 0 Å². The molecule has 7 nitrogen and oxygen atoms in total. The minimum absolute atomic E-state index is 0.522. The predicted octanol–water partition coefficient (Wildman–Crippen LogP) is -0.229. The Morgan fingerprint density at radius 3 is 2.55 bits per heavy atom. The average Bonchev–Trinajstić information content (AvgIpc) is 1.74.